The minimum absolute atomic E-state index is 0.148. The van der Waals surface area contributed by atoms with Gasteiger partial charge < -0.3 is 25.6 Å². The zero-order valence-corrected chi connectivity index (χ0v) is 9.84. The Morgan fingerprint density at radius 2 is 1.88 bits per heavy atom. The third-order valence-corrected chi connectivity index (χ3v) is 1.84. The summed E-state index contributed by atoms with van der Waals surface area (Å²) in [7, 11) is 1.46. The molecule has 0 aliphatic carbocycles. The van der Waals surface area contributed by atoms with Gasteiger partial charge in [0.2, 0.25) is 11.9 Å². The van der Waals surface area contributed by atoms with Crippen LogP contribution in [-0.2, 0) is 0 Å². The molecular weight excluding hydrogens is 226 g/mol. The van der Waals surface area contributed by atoms with Gasteiger partial charge in [0.1, 0.15) is 0 Å². The lowest BCUT2D eigenvalue weighted by Crippen LogP contribution is -2.24. The molecule has 8 heteroatoms. The molecule has 1 aromatic rings. The standard InChI is InChI=1S/C9H17N5O3/c1-3-10-7-12-8(11-4-6(16)5-15)14-9(13-7)17-2/h6,15-16H,3-5H2,1-2H3,(H2,10,11,12,13,14). The Hall–Kier alpha value is -1.67. The quantitative estimate of drug-likeness (QED) is 0.486. The summed E-state index contributed by atoms with van der Waals surface area (Å²) in [5.74, 6) is 0.667. The van der Waals surface area contributed by atoms with Crippen LogP contribution in [0.4, 0.5) is 11.9 Å². The number of aromatic nitrogens is 3. The van der Waals surface area contributed by atoms with Crippen LogP contribution in [0, 0.1) is 0 Å². The molecule has 0 fully saturated rings. The van der Waals surface area contributed by atoms with Crippen LogP contribution in [-0.4, -0.2) is 58.1 Å². The molecule has 0 aromatic carbocycles. The molecule has 96 valence electrons. The van der Waals surface area contributed by atoms with Crippen molar-refractivity contribution in [2.24, 2.45) is 0 Å². The van der Waals surface area contributed by atoms with Gasteiger partial charge in [-0.15, -0.1) is 0 Å². The van der Waals surface area contributed by atoms with Crippen molar-refractivity contribution in [2.75, 3.05) is 37.4 Å². The first-order chi connectivity index (χ1) is 8.19. The van der Waals surface area contributed by atoms with Gasteiger partial charge in [0, 0.05) is 13.1 Å². The van der Waals surface area contributed by atoms with E-state index in [2.05, 4.69) is 25.6 Å². The van der Waals surface area contributed by atoms with E-state index in [0.717, 1.165) is 0 Å². The second-order valence-corrected chi connectivity index (χ2v) is 3.22. The van der Waals surface area contributed by atoms with Crippen LogP contribution in [0.3, 0.4) is 0 Å². The van der Waals surface area contributed by atoms with E-state index >= 15 is 0 Å². The van der Waals surface area contributed by atoms with Crippen LogP contribution in [0.25, 0.3) is 0 Å². The molecule has 8 nitrogen and oxygen atoms in total. The maximum atomic E-state index is 9.19. The van der Waals surface area contributed by atoms with Gasteiger partial charge in [-0.2, -0.15) is 15.0 Å². The summed E-state index contributed by atoms with van der Waals surface area (Å²) in [5, 5.41) is 23.6. The number of aliphatic hydroxyl groups is 2. The predicted molar refractivity (Wildman–Crippen MR) is 62.1 cm³/mol. The first-order valence-electron chi connectivity index (χ1n) is 5.26. The second kappa shape index (κ2) is 6.81. The van der Waals surface area contributed by atoms with Gasteiger partial charge in [0.15, 0.2) is 0 Å². The van der Waals surface area contributed by atoms with Crippen molar-refractivity contribution in [1.29, 1.82) is 0 Å². The van der Waals surface area contributed by atoms with Crippen LogP contribution in [0.2, 0.25) is 0 Å². The number of rotatable bonds is 7. The maximum absolute atomic E-state index is 9.19. The van der Waals surface area contributed by atoms with Crippen molar-refractivity contribution in [2.45, 2.75) is 13.0 Å². The highest BCUT2D eigenvalue weighted by atomic mass is 16.5. The van der Waals surface area contributed by atoms with Crippen LogP contribution < -0.4 is 15.4 Å². The zero-order valence-electron chi connectivity index (χ0n) is 9.84. The fraction of sp³-hybridized carbons (Fsp3) is 0.667. The molecule has 0 amide bonds. The predicted octanol–water partition coefficient (Wildman–Crippen LogP) is -0.923. The second-order valence-electron chi connectivity index (χ2n) is 3.22. The Balaban J connectivity index is 2.72. The normalized spacial score (nSPS) is 12.0. The van der Waals surface area contributed by atoms with E-state index < -0.39 is 6.10 Å². The number of nitrogens with zero attached hydrogens (tertiary/aromatic N) is 3. The molecule has 0 aliphatic rings. The lowest BCUT2D eigenvalue weighted by atomic mass is 10.4. The van der Waals surface area contributed by atoms with Crippen molar-refractivity contribution in [3.05, 3.63) is 0 Å². The highest BCUT2D eigenvalue weighted by Gasteiger charge is 2.07. The van der Waals surface area contributed by atoms with Crippen molar-refractivity contribution in [3.63, 3.8) is 0 Å². The highest BCUT2D eigenvalue weighted by molar-refractivity contribution is 5.35. The number of hydrogen-bond donors (Lipinski definition) is 4. The fourth-order valence-electron chi connectivity index (χ4n) is 1.04. The Morgan fingerprint density at radius 3 is 2.41 bits per heavy atom. The van der Waals surface area contributed by atoms with Gasteiger partial charge in [-0.25, -0.2) is 0 Å². The van der Waals surface area contributed by atoms with Gasteiger partial charge in [-0.3, -0.25) is 0 Å². The molecule has 0 saturated heterocycles. The monoisotopic (exact) mass is 243 g/mol. The topological polar surface area (TPSA) is 112 Å². The summed E-state index contributed by atoms with van der Waals surface area (Å²) in [4.78, 5) is 12.0. The van der Waals surface area contributed by atoms with E-state index in [-0.39, 0.29) is 25.1 Å². The summed E-state index contributed by atoms with van der Waals surface area (Å²) in [6.07, 6.45) is -0.861. The number of nitrogens with one attached hydrogen (secondary N) is 2. The molecular formula is C9H17N5O3. The number of methoxy groups -OCH3 is 1. The minimum atomic E-state index is -0.861. The van der Waals surface area contributed by atoms with Crippen molar-refractivity contribution in [3.8, 4) is 6.01 Å². The molecule has 1 atom stereocenters. The minimum Gasteiger partial charge on any atom is -0.467 e. The van der Waals surface area contributed by atoms with Gasteiger partial charge in [0.25, 0.3) is 0 Å². The molecule has 1 unspecified atom stereocenters. The van der Waals surface area contributed by atoms with Crippen molar-refractivity contribution < 1.29 is 14.9 Å². The lowest BCUT2D eigenvalue weighted by molar-refractivity contribution is 0.105. The molecule has 1 rings (SSSR count). The molecule has 17 heavy (non-hydrogen) atoms. The van der Waals surface area contributed by atoms with Crippen LogP contribution in [0.1, 0.15) is 6.92 Å². The Morgan fingerprint density at radius 1 is 1.24 bits per heavy atom. The first kappa shape index (κ1) is 13.4. The Bertz CT molecular complexity index is 349. The molecule has 0 aliphatic heterocycles. The molecule has 0 saturated carbocycles. The number of ether oxygens (including phenoxy) is 1. The van der Waals surface area contributed by atoms with Crippen LogP contribution in [0.5, 0.6) is 6.01 Å². The van der Waals surface area contributed by atoms with Crippen LogP contribution in [0.15, 0.2) is 0 Å². The Labute approximate surface area is 99.1 Å². The van der Waals surface area contributed by atoms with Crippen molar-refractivity contribution in [1.82, 2.24) is 15.0 Å². The van der Waals surface area contributed by atoms with Crippen LogP contribution >= 0.6 is 0 Å². The summed E-state index contributed by atoms with van der Waals surface area (Å²) >= 11 is 0. The summed E-state index contributed by atoms with van der Waals surface area (Å²) in [6, 6.07) is 0.178. The number of hydrogen-bond acceptors (Lipinski definition) is 8. The van der Waals surface area contributed by atoms with E-state index in [1.807, 2.05) is 6.92 Å². The van der Waals surface area contributed by atoms with E-state index in [0.29, 0.717) is 12.5 Å². The Kier molecular flexibility index (Phi) is 5.37. The van der Waals surface area contributed by atoms with Gasteiger partial charge in [-0.1, -0.05) is 0 Å². The smallest absolute Gasteiger partial charge is 0.322 e. The molecule has 0 radical (unpaired) electrons. The number of anilines is 2. The maximum Gasteiger partial charge on any atom is 0.322 e. The largest absolute Gasteiger partial charge is 0.467 e. The number of aliphatic hydroxyl groups excluding tert-OH is 2. The van der Waals surface area contributed by atoms with Gasteiger partial charge >= 0.3 is 6.01 Å². The van der Waals surface area contributed by atoms with E-state index in [4.69, 9.17) is 9.84 Å². The SMILES string of the molecule is CCNc1nc(NCC(O)CO)nc(OC)n1. The van der Waals surface area contributed by atoms with E-state index in [1.165, 1.54) is 7.11 Å². The molecule has 1 aromatic heterocycles. The molecule has 4 N–H and O–H groups in total. The van der Waals surface area contributed by atoms with E-state index in [1.54, 1.807) is 0 Å². The average Bonchev–Trinajstić information content (AvgIpc) is 2.36. The summed E-state index contributed by atoms with van der Waals surface area (Å²) in [6.45, 7) is 2.41. The highest BCUT2D eigenvalue weighted by Crippen LogP contribution is 2.10. The van der Waals surface area contributed by atoms with Crippen molar-refractivity contribution >= 4 is 11.9 Å². The molecule has 0 bridgehead atoms. The average molecular weight is 243 g/mol. The zero-order chi connectivity index (χ0) is 12.7. The summed E-state index contributed by atoms with van der Waals surface area (Å²) in [5.41, 5.74) is 0. The molecule has 1 heterocycles. The third kappa shape index (κ3) is 4.37. The van der Waals surface area contributed by atoms with Gasteiger partial charge in [0.05, 0.1) is 19.8 Å². The van der Waals surface area contributed by atoms with E-state index in [9.17, 15) is 5.11 Å². The first-order valence-corrected chi connectivity index (χ1v) is 5.26. The molecule has 0 spiro atoms. The summed E-state index contributed by atoms with van der Waals surface area (Å²) < 4.78 is 4.92. The lowest BCUT2D eigenvalue weighted by Gasteiger charge is -2.10. The fourth-order valence-corrected chi connectivity index (χ4v) is 1.04. The third-order valence-electron chi connectivity index (χ3n) is 1.84. The van der Waals surface area contributed by atoms with Gasteiger partial charge in [-0.05, 0) is 6.92 Å².